The molecule has 1 amide bonds. The Morgan fingerprint density at radius 3 is 2.62 bits per heavy atom. The summed E-state index contributed by atoms with van der Waals surface area (Å²) in [7, 11) is 1.63. The molecule has 4 nitrogen and oxygen atoms in total. The number of halogens is 2. The number of hydrogen-bond acceptors (Lipinski definition) is 3. The minimum atomic E-state index is -0.683. The minimum Gasteiger partial charge on any atom is -0.368 e. The second kappa shape index (κ2) is 9.04. The van der Waals surface area contributed by atoms with Crippen molar-refractivity contribution in [3.63, 3.8) is 0 Å². The summed E-state index contributed by atoms with van der Waals surface area (Å²) >= 11 is 6.05. The van der Waals surface area contributed by atoms with Crippen molar-refractivity contribution in [2.45, 2.75) is 38.7 Å². The second-order valence-corrected chi connectivity index (χ2v) is 7.54. The van der Waals surface area contributed by atoms with Crippen molar-refractivity contribution < 1.29 is 9.53 Å². The Labute approximate surface area is 156 Å². The van der Waals surface area contributed by atoms with Gasteiger partial charge in [-0.1, -0.05) is 37.6 Å². The van der Waals surface area contributed by atoms with E-state index in [0.29, 0.717) is 19.4 Å². The molecule has 0 radical (unpaired) electrons. The van der Waals surface area contributed by atoms with Crippen molar-refractivity contribution >= 4 is 29.9 Å². The molecule has 1 aliphatic heterocycles. The first kappa shape index (κ1) is 21.2. The third kappa shape index (κ3) is 5.62. The highest BCUT2D eigenvalue weighted by atomic mass is 35.5. The quantitative estimate of drug-likeness (QED) is 0.803. The zero-order valence-corrected chi connectivity index (χ0v) is 16.2. The van der Waals surface area contributed by atoms with Gasteiger partial charge in [0.05, 0.1) is 0 Å². The van der Waals surface area contributed by atoms with Crippen molar-refractivity contribution in [2.75, 3.05) is 26.7 Å². The Kier molecular flexibility index (Phi) is 8.00. The molecule has 2 N–H and O–H groups in total. The maximum atomic E-state index is 12.6. The summed E-state index contributed by atoms with van der Waals surface area (Å²) in [5, 5.41) is 7.11. The second-order valence-electron chi connectivity index (χ2n) is 7.10. The van der Waals surface area contributed by atoms with Crippen LogP contribution in [0.15, 0.2) is 24.3 Å². The molecular formula is C18H28Cl2N2O2. The first-order chi connectivity index (χ1) is 10.9. The van der Waals surface area contributed by atoms with Gasteiger partial charge < -0.3 is 15.4 Å². The third-order valence-electron chi connectivity index (χ3n) is 4.51. The van der Waals surface area contributed by atoms with Crippen molar-refractivity contribution in [3.8, 4) is 0 Å². The highest BCUT2D eigenvalue weighted by Gasteiger charge is 2.40. The van der Waals surface area contributed by atoms with Gasteiger partial charge in [0, 0.05) is 18.7 Å². The van der Waals surface area contributed by atoms with Crippen LogP contribution in [-0.4, -0.2) is 38.3 Å². The summed E-state index contributed by atoms with van der Waals surface area (Å²) in [6, 6.07) is 7.88. The largest absolute Gasteiger partial charge is 0.368 e. The lowest BCUT2D eigenvalue weighted by molar-refractivity contribution is -0.147. The van der Waals surface area contributed by atoms with Gasteiger partial charge >= 0.3 is 0 Å². The number of hydrogen-bond donors (Lipinski definition) is 2. The molecule has 0 spiro atoms. The molecule has 2 rings (SSSR count). The molecule has 1 aromatic rings. The summed E-state index contributed by atoms with van der Waals surface area (Å²) in [6.45, 7) is 6.53. The molecule has 1 aromatic carbocycles. The van der Waals surface area contributed by atoms with Crippen LogP contribution in [0.4, 0.5) is 0 Å². The molecule has 0 aromatic heterocycles. The number of carbonyl (C=O) groups is 1. The van der Waals surface area contributed by atoms with E-state index < -0.39 is 5.60 Å². The smallest absolute Gasteiger partial charge is 0.252 e. The summed E-state index contributed by atoms with van der Waals surface area (Å²) in [5.41, 5.74) is 0.444. The summed E-state index contributed by atoms with van der Waals surface area (Å²) in [5.74, 6) is 0.000620. The first-order valence-corrected chi connectivity index (χ1v) is 8.53. The minimum absolute atomic E-state index is 0. The van der Waals surface area contributed by atoms with Crippen LogP contribution >= 0.6 is 24.0 Å². The Balaban J connectivity index is 0.00000288. The van der Waals surface area contributed by atoms with Crippen LogP contribution in [-0.2, 0) is 16.0 Å². The van der Waals surface area contributed by atoms with E-state index in [1.807, 2.05) is 18.2 Å². The predicted octanol–water partition coefficient (Wildman–Crippen LogP) is 3.22. The fraction of sp³-hybridized carbons (Fsp3) is 0.611. The summed E-state index contributed by atoms with van der Waals surface area (Å²) in [6.07, 6.45) is 2.28. The molecule has 136 valence electrons. The molecule has 1 heterocycles. The number of methoxy groups -OCH3 is 1. The highest BCUT2D eigenvalue weighted by Crippen LogP contribution is 2.25. The monoisotopic (exact) mass is 374 g/mol. The average molecular weight is 375 g/mol. The molecule has 6 heteroatoms. The maximum Gasteiger partial charge on any atom is 0.252 e. The van der Waals surface area contributed by atoms with Gasteiger partial charge in [0.15, 0.2) is 0 Å². The van der Waals surface area contributed by atoms with Crippen LogP contribution in [0, 0.1) is 5.41 Å². The topological polar surface area (TPSA) is 50.4 Å². The van der Waals surface area contributed by atoms with Crippen molar-refractivity contribution in [1.29, 1.82) is 0 Å². The zero-order chi connectivity index (χ0) is 16.9. The molecule has 0 unspecified atom stereocenters. The third-order valence-corrected chi connectivity index (χ3v) is 4.75. The maximum absolute atomic E-state index is 12.6. The Morgan fingerprint density at radius 1 is 1.38 bits per heavy atom. The van der Waals surface area contributed by atoms with E-state index in [9.17, 15) is 4.79 Å². The van der Waals surface area contributed by atoms with E-state index in [1.165, 1.54) is 5.56 Å². The average Bonchev–Trinajstić information content (AvgIpc) is 2.53. The number of nitrogens with one attached hydrogen (secondary N) is 2. The number of amides is 1. The number of piperidine rings is 1. The Hall–Kier alpha value is -0.810. The molecule has 1 aliphatic rings. The van der Waals surface area contributed by atoms with Crippen LogP contribution in [0.1, 0.15) is 32.3 Å². The molecule has 24 heavy (non-hydrogen) atoms. The van der Waals surface area contributed by atoms with Gasteiger partial charge in [-0.25, -0.2) is 0 Å². The summed E-state index contributed by atoms with van der Waals surface area (Å²) < 4.78 is 5.57. The van der Waals surface area contributed by atoms with E-state index in [0.717, 1.165) is 24.5 Å². The number of benzene rings is 1. The van der Waals surface area contributed by atoms with Crippen LogP contribution in [0.2, 0.25) is 5.02 Å². The van der Waals surface area contributed by atoms with Crippen LogP contribution in [0.25, 0.3) is 0 Å². The number of carbonyl (C=O) groups excluding carboxylic acids is 1. The number of rotatable bonds is 6. The molecular weight excluding hydrogens is 347 g/mol. The first-order valence-electron chi connectivity index (χ1n) is 8.16. The van der Waals surface area contributed by atoms with E-state index in [1.54, 1.807) is 7.11 Å². The van der Waals surface area contributed by atoms with E-state index in [-0.39, 0.29) is 23.7 Å². The van der Waals surface area contributed by atoms with Crippen molar-refractivity contribution in [1.82, 2.24) is 10.6 Å². The molecule has 0 atom stereocenters. The Morgan fingerprint density at radius 2 is 2.04 bits per heavy atom. The summed E-state index contributed by atoms with van der Waals surface area (Å²) in [4.78, 5) is 12.6. The van der Waals surface area contributed by atoms with E-state index >= 15 is 0 Å². The predicted molar refractivity (Wildman–Crippen MR) is 101 cm³/mol. The van der Waals surface area contributed by atoms with Gasteiger partial charge in [0.25, 0.3) is 5.91 Å². The van der Waals surface area contributed by atoms with Crippen LogP contribution < -0.4 is 10.6 Å². The molecule has 0 saturated carbocycles. The fourth-order valence-corrected chi connectivity index (χ4v) is 3.31. The normalized spacial score (nSPS) is 17.0. The lowest BCUT2D eigenvalue weighted by Crippen LogP contribution is -2.55. The fourth-order valence-electron chi connectivity index (χ4n) is 3.10. The van der Waals surface area contributed by atoms with Gasteiger partial charge in [0.2, 0.25) is 0 Å². The van der Waals surface area contributed by atoms with Gasteiger partial charge in [-0.05, 0) is 55.5 Å². The van der Waals surface area contributed by atoms with Gasteiger partial charge in [-0.3, -0.25) is 4.79 Å². The van der Waals surface area contributed by atoms with Gasteiger partial charge in [-0.15, -0.1) is 12.4 Å². The zero-order valence-electron chi connectivity index (χ0n) is 14.7. The van der Waals surface area contributed by atoms with E-state index in [4.69, 9.17) is 16.3 Å². The van der Waals surface area contributed by atoms with Gasteiger partial charge in [-0.2, -0.15) is 0 Å². The highest BCUT2D eigenvalue weighted by molar-refractivity contribution is 6.30. The van der Waals surface area contributed by atoms with Gasteiger partial charge in [0.1, 0.15) is 5.60 Å². The SMILES string of the molecule is COC1(C(=O)NCC(C)(C)Cc2cccc(Cl)c2)CCNCC1.Cl. The molecule has 1 fully saturated rings. The number of ether oxygens (including phenoxy) is 1. The Bertz CT molecular complexity index is 544. The standard InChI is InChI=1S/C18H27ClN2O2.ClH/c1-17(2,12-14-5-4-6-15(19)11-14)13-21-16(22)18(23-3)7-9-20-10-8-18;/h4-6,11,20H,7-10,12-13H2,1-3H3,(H,21,22);1H. The van der Waals surface area contributed by atoms with Crippen molar-refractivity contribution in [3.05, 3.63) is 34.9 Å². The molecule has 0 bridgehead atoms. The lowest BCUT2D eigenvalue weighted by atomic mass is 9.85. The molecule has 1 saturated heterocycles. The van der Waals surface area contributed by atoms with E-state index in [2.05, 4.69) is 30.5 Å². The molecule has 0 aliphatic carbocycles. The van der Waals surface area contributed by atoms with Crippen LogP contribution in [0.5, 0.6) is 0 Å². The van der Waals surface area contributed by atoms with Crippen LogP contribution in [0.3, 0.4) is 0 Å². The van der Waals surface area contributed by atoms with Crippen molar-refractivity contribution in [2.24, 2.45) is 5.41 Å². The lowest BCUT2D eigenvalue weighted by Gasteiger charge is -2.36.